The predicted octanol–water partition coefficient (Wildman–Crippen LogP) is 17.4. The van der Waals surface area contributed by atoms with Crippen molar-refractivity contribution in [1.29, 1.82) is 0 Å². The number of allylic oxidation sites excluding steroid dienone is 1. The molecular weight excluding hydrogens is 839 g/mol. The summed E-state index contributed by atoms with van der Waals surface area (Å²) in [5, 5.41) is 9.09. The lowest BCUT2D eigenvalue weighted by Crippen LogP contribution is -2.51. The van der Waals surface area contributed by atoms with Gasteiger partial charge in [-0.15, -0.1) is 0 Å². The van der Waals surface area contributed by atoms with Gasteiger partial charge < -0.3 is 19.5 Å². The number of fused-ring (bicyclic) bond motifs is 5. The highest BCUT2D eigenvalue weighted by molar-refractivity contribution is 5.69. The topological polar surface area (TPSA) is 76.1 Å². The summed E-state index contributed by atoms with van der Waals surface area (Å²) in [7, 11) is 0. The molecule has 0 bridgehead atoms. The van der Waals surface area contributed by atoms with Crippen LogP contribution in [-0.2, 0) is 19.1 Å². The summed E-state index contributed by atoms with van der Waals surface area (Å²) in [5.74, 6) is 6.19. The first-order chi connectivity index (χ1) is 32.9. The molecule has 0 radical (unpaired) electrons. The third kappa shape index (κ3) is 20.6. The molecule has 3 fully saturated rings. The number of aliphatic hydroxyl groups excluding tert-OH is 1. The van der Waals surface area contributed by atoms with Crippen molar-refractivity contribution in [2.24, 2.45) is 52.3 Å². The maximum atomic E-state index is 12.5. The first-order valence-electron chi connectivity index (χ1n) is 30.2. The first kappa shape index (κ1) is 60.9. The zero-order chi connectivity index (χ0) is 49.6. The van der Waals surface area contributed by atoms with Gasteiger partial charge in [-0.05, 0) is 181 Å². The molecule has 398 valence electrons. The van der Waals surface area contributed by atoms with Gasteiger partial charge in [0.2, 0.25) is 0 Å². The van der Waals surface area contributed by atoms with Crippen molar-refractivity contribution in [3.63, 3.8) is 0 Å². The van der Waals surface area contributed by atoms with Crippen molar-refractivity contribution in [3.8, 4) is 0 Å². The lowest BCUT2D eigenvalue weighted by atomic mass is 9.47. The molecule has 0 spiro atoms. The Morgan fingerprint density at radius 2 is 1.29 bits per heavy atom. The standard InChI is InChI=1S/C32H65NO3.C30H50O2/c1-4-7-10-13-14-18-25-31(24-17-11-8-5-2)36-32(35)26-19-15-16-21-28-33(29-22-23-30-34)27-20-12-9-6-3;1-7-22(20(2)3)9-8-21(4)26-12-13-27-25-11-10-23-18-24(32-19-31)14-16-29(23,5)28(25)15-17-30(26,27)6/h31,34H,4-30H2,1-3H3;10,19-22,24-28H,7-9,11-18H2,1-6H3. The van der Waals surface area contributed by atoms with Crippen LogP contribution in [0.4, 0.5) is 0 Å². The van der Waals surface area contributed by atoms with Crippen LogP contribution in [0.25, 0.3) is 0 Å². The molecule has 3 saturated carbocycles. The minimum atomic E-state index is 0.0306. The normalized spacial score (nSPS) is 26.8. The maximum absolute atomic E-state index is 12.5. The summed E-state index contributed by atoms with van der Waals surface area (Å²) < 4.78 is 11.3. The van der Waals surface area contributed by atoms with E-state index in [0.717, 1.165) is 106 Å². The number of hydrogen-bond acceptors (Lipinski definition) is 6. The molecular formula is C62H115NO5. The number of carbonyl (C=O) groups is 2. The minimum absolute atomic E-state index is 0.0306. The van der Waals surface area contributed by atoms with Crippen LogP contribution >= 0.6 is 0 Å². The second-order valence-corrected chi connectivity index (χ2v) is 24.1. The van der Waals surface area contributed by atoms with Gasteiger partial charge in [-0.2, -0.15) is 0 Å². The fourth-order valence-electron chi connectivity index (χ4n) is 14.4. The third-order valence-electron chi connectivity index (χ3n) is 18.9. The summed E-state index contributed by atoms with van der Waals surface area (Å²) in [6.45, 7) is 26.2. The van der Waals surface area contributed by atoms with Crippen molar-refractivity contribution >= 4 is 12.4 Å². The minimum Gasteiger partial charge on any atom is -0.464 e. The van der Waals surface area contributed by atoms with E-state index in [-0.39, 0.29) is 18.2 Å². The van der Waals surface area contributed by atoms with Gasteiger partial charge in [0.15, 0.2) is 0 Å². The number of ether oxygens (including phenoxy) is 2. The van der Waals surface area contributed by atoms with E-state index in [9.17, 15) is 9.59 Å². The van der Waals surface area contributed by atoms with E-state index in [2.05, 4.69) is 73.3 Å². The summed E-state index contributed by atoms with van der Waals surface area (Å²) >= 11 is 0. The fraction of sp³-hybridized carbons (Fsp3) is 0.935. The molecule has 0 saturated heterocycles. The molecule has 0 aromatic heterocycles. The Morgan fingerprint density at radius 1 is 0.706 bits per heavy atom. The van der Waals surface area contributed by atoms with Crippen LogP contribution in [-0.4, -0.2) is 60.9 Å². The summed E-state index contributed by atoms with van der Waals surface area (Å²) in [5.41, 5.74) is 2.52. The third-order valence-corrected chi connectivity index (χ3v) is 18.9. The maximum Gasteiger partial charge on any atom is 0.306 e. The van der Waals surface area contributed by atoms with Crippen molar-refractivity contribution in [1.82, 2.24) is 4.90 Å². The lowest BCUT2D eigenvalue weighted by Gasteiger charge is -2.58. The first-order valence-corrected chi connectivity index (χ1v) is 30.2. The van der Waals surface area contributed by atoms with E-state index in [1.165, 1.54) is 167 Å². The molecule has 0 aromatic rings. The Balaban J connectivity index is 0.000000362. The molecule has 0 aliphatic heterocycles. The number of unbranched alkanes of at least 4 members (excludes halogenated alkanes) is 15. The molecule has 0 amide bonds. The van der Waals surface area contributed by atoms with Crippen LogP contribution in [0.2, 0.25) is 0 Å². The van der Waals surface area contributed by atoms with Crippen molar-refractivity contribution in [2.75, 3.05) is 26.2 Å². The number of rotatable bonds is 37. The number of hydrogen-bond donors (Lipinski definition) is 1. The van der Waals surface area contributed by atoms with E-state index < -0.39 is 0 Å². The van der Waals surface area contributed by atoms with Gasteiger partial charge in [-0.1, -0.05) is 170 Å². The van der Waals surface area contributed by atoms with E-state index in [4.69, 9.17) is 14.6 Å². The van der Waals surface area contributed by atoms with Gasteiger partial charge in [0.25, 0.3) is 6.47 Å². The van der Waals surface area contributed by atoms with Crippen molar-refractivity contribution in [3.05, 3.63) is 11.6 Å². The van der Waals surface area contributed by atoms with Crippen LogP contribution in [0, 0.1) is 52.3 Å². The van der Waals surface area contributed by atoms with Gasteiger partial charge in [-0.3, -0.25) is 9.59 Å². The number of carbonyl (C=O) groups excluding carboxylic acids is 2. The molecule has 0 heterocycles. The van der Waals surface area contributed by atoms with Crippen LogP contribution in [0.1, 0.15) is 281 Å². The summed E-state index contributed by atoms with van der Waals surface area (Å²) in [6, 6.07) is 0. The average Bonchev–Trinajstić information content (AvgIpc) is 3.69. The molecule has 6 heteroatoms. The predicted molar refractivity (Wildman–Crippen MR) is 290 cm³/mol. The van der Waals surface area contributed by atoms with Gasteiger partial charge in [0.1, 0.15) is 12.2 Å². The molecule has 0 aromatic carbocycles. The van der Waals surface area contributed by atoms with Crippen LogP contribution in [0.15, 0.2) is 11.6 Å². The molecule has 6 nitrogen and oxygen atoms in total. The molecule has 10 atom stereocenters. The highest BCUT2D eigenvalue weighted by Crippen LogP contribution is 2.67. The van der Waals surface area contributed by atoms with E-state index in [1.807, 2.05) is 0 Å². The number of nitrogens with zero attached hydrogens (tertiary/aromatic N) is 1. The Hall–Kier alpha value is -1.40. The van der Waals surface area contributed by atoms with E-state index in [0.29, 0.717) is 30.3 Å². The SMILES string of the molecule is CCC(CCC(C)C1CCC2C3CC=C4CC(OC=O)CCC4(C)C3CCC12C)C(C)C.CCCCCCCCC(CCCCCC)OC(=O)CCCCCCN(CCCCO)CCCCCC. The Bertz CT molecular complexity index is 1330. The van der Waals surface area contributed by atoms with Gasteiger partial charge >= 0.3 is 5.97 Å². The smallest absolute Gasteiger partial charge is 0.306 e. The van der Waals surface area contributed by atoms with E-state index in [1.54, 1.807) is 5.57 Å². The molecule has 4 aliphatic rings. The molecule has 68 heavy (non-hydrogen) atoms. The van der Waals surface area contributed by atoms with Gasteiger partial charge in [0, 0.05) is 19.4 Å². The monoisotopic (exact) mass is 954 g/mol. The van der Waals surface area contributed by atoms with Crippen molar-refractivity contribution in [2.45, 2.75) is 293 Å². The second kappa shape index (κ2) is 34.9. The number of aliphatic hydroxyl groups is 1. The number of esters is 1. The zero-order valence-corrected chi connectivity index (χ0v) is 46.7. The van der Waals surface area contributed by atoms with E-state index >= 15 is 0 Å². The Kier molecular flexibility index (Phi) is 31.2. The Morgan fingerprint density at radius 3 is 1.91 bits per heavy atom. The van der Waals surface area contributed by atoms with Gasteiger partial charge in [-0.25, -0.2) is 0 Å². The van der Waals surface area contributed by atoms with Crippen LogP contribution < -0.4 is 0 Å². The summed E-state index contributed by atoms with van der Waals surface area (Å²) in [4.78, 5) is 26.0. The quantitative estimate of drug-likeness (QED) is 0.0289. The largest absolute Gasteiger partial charge is 0.464 e. The highest BCUT2D eigenvalue weighted by Gasteiger charge is 2.59. The van der Waals surface area contributed by atoms with Crippen LogP contribution in [0.3, 0.4) is 0 Å². The zero-order valence-electron chi connectivity index (χ0n) is 46.7. The molecule has 1 N–H and O–H groups in total. The molecule has 10 unspecified atom stereocenters. The summed E-state index contributed by atoms with van der Waals surface area (Å²) in [6.07, 6.45) is 44.5. The Labute approximate surface area is 422 Å². The fourth-order valence-corrected chi connectivity index (χ4v) is 14.4. The second-order valence-electron chi connectivity index (χ2n) is 24.1. The molecule has 4 rings (SSSR count). The van der Waals surface area contributed by atoms with Gasteiger partial charge in [0.05, 0.1) is 0 Å². The lowest BCUT2D eigenvalue weighted by molar-refractivity contribution is -0.150. The molecule has 4 aliphatic carbocycles. The van der Waals surface area contributed by atoms with Crippen molar-refractivity contribution < 1.29 is 24.2 Å². The highest BCUT2D eigenvalue weighted by atomic mass is 16.5. The van der Waals surface area contributed by atoms with Crippen LogP contribution in [0.5, 0.6) is 0 Å². The average molecular weight is 955 g/mol.